The van der Waals surface area contributed by atoms with Crippen LogP contribution in [0.25, 0.3) is 0 Å². The zero-order chi connectivity index (χ0) is 12.3. The van der Waals surface area contributed by atoms with Gasteiger partial charge in [0.25, 0.3) is 0 Å². The third kappa shape index (κ3) is 2.96. The van der Waals surface area contributed by atoms with Crippen molar-refractivity contribution in [3.63, 3.8) is 0 Å². The van der Waals surface area contributed by atoms with Crippen molar-refractivity contribution in [2.24, 2.45) is 0 Å². The summed E-state index contributed by atoms with van der Waals surface area (Å²) in [5.41, 5.74) is 2.91. The molecule has 1 aromatic carbocycles. The van der Waals surface area contributed by atoms with Gasteiger partial charge < -0.3 is 10.2 Å². The Balaban J connectivity index is 2.31. The van der Waals surface area contributed by atoms with Gasteiger partial charge in [0.1, 0.15) is 0 Å². The van der Waals surface area contributed by atoms with E-state index < -0.39 is 0 Å². The van der Waals surface area contributed by atoms with E-state index in [1.807, 2.05) is 11.8 Å². The molecular weight excluding hydrogens is 228 g/mol. The average Bonchev–Trinajstić information content (AvgIpc) is 2.39. The smallest absolute Gasteiger partial charge is 0.0403 e. The molecule has 94 valence electrons. The summed E-state index contributed by atoms with van der Waals surface area (Å²) in [4.78, 5) is 3.88. The van der Waals surface area contributed by atoms with Crippen LogP contribution in [0.15, 0.2) is 23.1 Å². The Bertz CT molecular complexity index is 370. The second kappa shape index (κ2) is 5.78. The number of anilines is 1. The maximum Gasteiger partial charge on any atom is 0.0403 e. The predicted molar refractivity (Wildman–Crippen MR) is 77.4 cm³/mol. The van der Waals surface area contributed by atoms with Crippen molar-refractivity contribution < 1.29 is 0 Å². The van der Waals surface area contributed by atoms with Crippen molar-refractivity contribution >= 4 is 17.4 Å². The number of hydrogen-bond donors (Lipinski definition) is 1. The monoisotopic (exact) mass is 250 g/mol. The van der Waals surface area contributed by atoms with E-state index in [0.717, 1.165) is 26.2 Å². The van der Waals surface area contributed by atoms with E-state index >= 15 is 0 Å². The first-order chi connectivity index (χ1) is 8.22. The van der Waals surface area contributed by atoms with E-state index in [4.69, 9.17) is 0 Å². The van der Waals surface area contributed by atoms with E-state index in [1.54, 1.807) is 0 Å². The SMILES string of the molecule is CSc1ccc(N2CCNCC2)c(C(C)C)c1. The number of piperazine rings is 1. The van der Waals surface area contributed by atoms with E-state index in [0.29, 0.717) is 5.92 Å². The fourth-order valence-corrected chi connectivity index (χ4v) is 2.76. The van der Waals surface area contributed by atoms with Gasteiger partial charge in [-0.2, -0.15) is 0 Å². The lowest BCUT2D eigenvalue weighted by atomic mass is 10.00. The largest absolute Gasteiger partial charge is 0.369 e. The summed E-state index contributed by atoms with van der Waals surface area (Å²) in [6.07, 6.45) is 2.14. The number of hydrogen-bond acceptors (Lipinski definition) is 3. The summed E-state index contributed by atoms with van der Waals surface area (Å²) < 4.78 is 0. The summed E-state index contributed by atoms with van der Waals surface area (Å²) in [7, 11) is 0. The molecule has 0 amide bonds. The third-order valence-corrected chi connectivity index (χ3v) is 4.04. The van der Waals surface area contributed by atoms with Crippen LogP contribution in [0.2, 0.25) is 0 Å². The van der Waals surface area contributed by atoms with E-state index in [9.17, 15) is 0 Å². The van der Waals surface area contributed by atoms with E-state index in [-0.39, 0.29) is 0 Å². The fraction of sp³-hybridized carbons (Fsp3) is 0.571. The van der Waals surface area contributed by atoms with Gasteiger partial charge in [-0.1, -0.05) is 13.8 Å². The van der Waals surface area contributed by atoms with E-state index in [2.05, 4.69) is 48.5 Å². The predicted octanol–water partition coefficient (Wildman–Crippen LogP) is 2.94. The van der Waals surface area contributed by atoms with Crippen LogP contribution in [0.4, 0.5) is 5.69 Å². The van der Waals surface area contributed by atoms with Crippen molar-refractivity contribution in [1.82, 2.24) is 5.32 Å². The van der Waals surface area contributed by atoms with Gasteiger partial charge in [-0.15, -0.1) is 11.8 Å². The van der Waals surface area contributed by atoms with Crippen LogP contribution in [0, 0.1) is 0 Å². The lowest BCUT2D eigenvalue weighted by Gasteiger charge is -2.32. The molecule has 1 aliphatic rings. The van der Waals surface area contributed by atoms with Gasteiger partial charge in [0.15, 0.2) is 0 Å². The van der Waals surface area contributed by atoms with E-state index in [1.165, 1.54) is 16.1 Å². The lowest BCUT2D eigenvalue weighted by Crippen LogP contribution is -2.43. The van der Waals surface area contributed by atoms with Gasteiger partial charge >= 0.3 is 0 Å². The van der Waals surface area contributed by atoms with Gasteiger partial charge in [0, 0.05) is 36.8 Å². The van der Waals surface area contributed by atoms with Crippen molar-refractivity contribution in [2.75, 3.05) is 37.3 Å². The molecule has 0 unspecified atom stereocenters. The minimum absolute atomic E-state index is 0.590. The zero-order valence-corrected chi connectivity index (χ0v) is 11.8. The molecule has 0 saturated carbocycles. The highest BCUT2D eigenvalue weighted by molar-refractivity contribution is 7.98. The normalized spacial score (nSPS) is 16.6. The molecule has 17 heavy (non-hydrogen) atoms. The highest BCUT2D eigenvalue weighted by Crippen LogP contribution is 2.31. The molecule has 0 spiro atoms. The number of nitrogens with one attached hydrogen (secondary N) is 1. The Morgan fingerprint density at radius 1 is 1.24 bits per heavy atom. The molecule has 1 saturated heterocycles. The van der Waals surface area contributed by atoms with Gasteiger partial charge in [0.05, 0.1) is 0 Å². The molecule has 1 heterocycles. The summed E-state index contributed by atoms with van der Waals surface area (Å²) in [6.45, 7) is 9.01. The zero-order valence-electron chi connectivity index (χ0n) is 11.0. The maximum absolute atomic E-state index is 3.41. The minimum Gasteiger partial charge on any atom is -0.369 e. The Morgan fingerprint density at radius 2 is 1.94 bits per heavy atom. The Morgan fingerprint density at radius 3 is 2.53 bits per heavy atom. The van der Waals surface area contributed by atoms with Crippen LogP contribution in [0.1, 0.15) is 25.3 Å². The quantitative estimate of drug-likeness (QED) is 0.830. The van der Waals surface area contributed by atoms with Crippen molar-refractivity contribution in [3.05, 3.63) is 23.8 Å². The van der Waals surface area contributed by atoms with Crippen LogP contribution in [-0.2, 0) is 0 Å². The van der Waals surface area contributed by atoms with Crippen molar-refractivity contribution in [1.29, 1.82) is 0 Å². The fourth-order valence-electron chi connectivity index (χ4n) is 2.32. The standard InChI is InChI=1S/C14H22N2S/c1-11(2)13-10-12(17-3)4-5-14(13)16-8-6-15-7-9-16/h4-5,10-11,15H,6-9H2,1-3H3. The summed E-state index contributed by atoms with van der Waals surface area (Å²) in [6, 6.07) is 6.90. The number of thioether (sulfide) groups is 1. The van der Waals surface area contributed by atoms with Crippen molar-refractivity contribution in [2.45, 2.75) is 24.7 Å². The van der Waals surface area contributed by atoms with Crippen LogP contribution in [0.5, 0.6) is 0 Å². The van der Waals surface area contributed by atoms with Gasteiger partial charge in [-0.25, -0.2) is 0 Å². The molecule has 0 radical (unpaired) electrons. The number of rotatable bonds is 3. The highest BCUT2D eigenvalue weighted by Gasteiger charge is 2.16. The van der Waals surface area contributed by atoms with Gasteiger partial charge in [0.2, 0.25) is 0 Å². The molecule has 1 aliphatic heterocycles. The molecule has 1 aromatic rings. The molecule has 0 aliphatic carbocycles. The molecule has 2 nitrogen and oxygen atoms in total. The first-order valence-electron chi connectivity index (χ1n) is 6.36. The first-order valence-corrected chi connectivity index (χ1v) is 7.58. The third-order valence-electron chi connectivity index (χ3n) is 3.31. The summed E-state index contributed by atoms with van der Waals surface area (Å²) in [5, 5.41) is 3.41. The molecule has 1 N–H and O–H groups in total. The molecule has 2 rings (SSSR count). The Kier molecular flexibility index (Phi) is 4.35. The van der Waals surface area contributed by atoms with Crippen LogP contribution >= 0.6 is 11.8 Å². The highest BCUT2D eigenvalue weighted by atomic mass is 32.2. The average molecular weight is 250 g/mol. The topological polar surface area (TPSA) is 15.3 Å². The summed E-state index contributed by atoms with van der Waals surface area (Å²) >= 11 is 1.82. The molecule has 1 fully saturated rings. The second-order valence-electron chi connectivity index (χ2n) is 4.82. The Hall–Kier alpha value is -0.670. The van der Waals surface area contributed by atoms with Crippen LogP contribution in [0.3, 0.4) is 0 Å². The first kappa shape index (κ1) is 12.8. The Labute approximate surface area is 109 Å². The maximum atomic E-state index is 3.41. The molecule has 3 heteroatoms. The molecule has 0 bridgehead atoms. The molecule has 0 atom stereocenters. The van der Waals surface area contributed by atoms with Crippen LogP contribution in [-0.4, -0.2) is 32.4 Å². The van der Waals surface area contributed by atoms with Crippen LogP contribution < -0.4 is 10.2 Å². The van der Waals surface area contributed by atoms with Gasteiger partial charge in [-0.3, -0.25) is 0 Å². The molecule has 0 aromatic heterocycles. The summed E-state index contributed by atoms with van der Waals surface area (Å²) in [5.74, 6) is 0.590. The minimum atomic E-state index is 0.590. The molecular formula is C14H22N2S. The van der Waals surface area contributed by atoms with Crippen molar-refractivity contribution in [3.8, 4) is 0 Å². The van der Waals surface area contributed by atoms with Gasteiger partial charge in [-0.05, 0) is 35.9 Å². The second-order valence-corrected chi connectivity index (χ2v) is 5.70. The lowest BCUT2D eigenvalue weighted by molar-refractivity contribution is 0.586. The number of nitrogens with zero attached hydrogens (tertiary/aromatic N) is 1. The number of benzene rings is 1.